The zero-order valence-corrected chi connectivity index (χ0v) is 18.7. The first kappa shape index (κ1) is 22.5. The molecule has 1 aromatic heterocycles. The molecule has 1 aliphatic heterocycles. The molecule has 1 aliphatic rings. The van der Waals surface area contributed by atoms with Gasteiger partial charge in [-0.25, -0.2) is 4.79 Å². The van der Waals surface area contributed by atoms with E-state index >= 15 is 0 Å². The second-order valence-corrected chi connectivity index (χ2v) is 8.07. The van der Waals surface area contributed by atoms with Gasteiger partial charge in [-0.1, -0.05) is 6.07 Å². The number of piperazine rings is 1. The summed E-state index contributed by atoms with van der Waals surface area (Å²) in [5.74, 6) is 0.741. The van der Waals surface area contributed by atoms with Gasteiger partial charge in [-0.2, -0.15) is 0 Å². The summed E-state index contributed by atoms with van der Waals surface area (Å²) < 4.78 is 11.1. The molecule has 160 valence electrons. The molecule has 0 N–H and O–H groups in total. The number of anilines is 1. The number of hydrogen-bond donors (Lipinski definition) is 0. The van der Waals surface area contributed by atoms with E-state index in [-0.39, 0.29) is 18.0 Å². The van der Waals surface area contributed by atoms with Crippen LogP contribution in [-0.2, 0) is 0 Å². The molecule has 5 nitrogen and oxygen atoms in total. The van der Waals surface area contributed by atoms with Crippen LogP contribution in [0.15, 0.2) is 68.7 Å². The zero-order valence-electron chi connectivity index (χ0n) is 17.1. The first-order valence-electron chi connectivity index (χ1n) is 9.99. The van der Waals surface area contributed by atoms with Crippen LogP contribution in [0, 0.1) is 0 Å². The van der Waals surface area contributed by atoms with Crippen molar-refractivity contribution in [2.75, 3.05) is 50.5 Å². The van der Waals surface area contributed by atoms with E-state index in [9.17, 15) is 4.79 Å². The first-order chi connectivity index (χ1) is 14.2. The van der Waals surface area contributed by atoms with E-state index in [1.165, 1.54) is 16.6 Å². The number of hydrogen-bond acceptors (Lipinski definition) is 6. The summed E-state index contributed by atoms with van der Waals surface area (Å²) >= 11 is 1.79. The first-order valence-corrected chi connectivity index (χ1v) is 11.2. The van der Waals surface area contributed by atoms with Gasteiger partial charge in [-0.3, -0.25) is 4.90 Å². The van der Waals surface area contributed by atoms with Crippen molar-refractivity contribution in [3.05, 3.63) is 65.0 Å². The molecular weight excluding hydrogens is 420 g/mol. The van der Waals surface area contributed by atoms with Gasteiger partial charge in [0.15, 0.2) is 0 Å². The van der Waals surface area contributed by atoms with E-state index in [4.69, 9.17) is 9.15 Å². The fraction of sp³-hybridized carbons (Fsp3) is 0.348. The summed E-state index contributed by atoms with van der Waals surface area (Å²) in [6.07, 6.45) is 3.09. The quantitative estimate of drug-likeness (QED) is 0.302. The summed E-state index contributed by atoms with van der Waals surface area (Å²) in [6.45, 7) is 5.94. The number of rotatable bonds is 7. The van der Waals surface area contributed by atoms with Gasteiger partial charge in [0, 0.05) is 60.8 Å². The largest absolute Gasteiger partial charge is 0.493 e. The minimum absolute atomic E-state index is 0. The average molecular weight is 447 g/mol. The van der Waals surface area contributed by atoms with Gasteiger partial charge in [0.05, 0.1) is 6.61 Å². The summed E-state index contributed by atoms with van der Waals surface area (Å²) in [7, 11) is 0. The Morgan fingerprint density at radius 3 is 2.63 bits per heavy atom. The molecule has 0 radical (unpaired) electrons. The number of thioether (sulfide) groups is 1. The Hall–Kier alpha value is -2.15. The molecule has 0 atom stereocenters. The Morgan fingerprint density at radius 2 is 1.83 bits per heavy atom. The third-order valence-corrected chi connectivity index (χ3v) is 6.00. The van der Waals surface area contributed by atoms with Crippen molar-refractivity contribution in [1.29, 1.82) is 0 Å². The SMILES string of the molecule is CSc1cccc(N2CCN(CCCOc3ccc4ccc(=O)oc4c3)CC2)c1.Cl. The van der Waals surface area contributed by atoms with Crippen molar-refractivity contribution in [2.45, 2.75) is 11.3 Å². The maximum Gasteiger partial charge on any atom is 0.336 e. The van der Waals surface area contributed by atoms with E-state index in [2.05, 4.69) is 40.3 Å². The van der Waals surface area contributed by atoms with Crippen LogP contribution in [0.1, 0.15) is 6.42 Å². The number of fused-ring (bicyclic) bond motifs is 1. The second-order valence-electron chi connectivity index (χ2n) is 7.19. The van der Waals surface area contributed by atoms with Gasteiger partial charge in [-0.05, 0) is 49.1 Å². The van der Waals surface area contributed by atoms with Crippen LogP contribution < -0.4 is 15.3 Å². The second kappa shape index (κ2) is 10.8. The van der Waals surface area contributed by atoms with Crippen LogP contribution in [0.2, 0.25) is 0 Å². The highest BCUT2D eigenvalue weighted by molar-refractivity contribution is 7.98. The van der Waals surface area contributed by atoms with E-state index in [0.29, 0.717) is 12.2 Å². The molecule has 0 saturated carbocycles. The lowest BCUT2D eigenvalue weighted by Gasteiger charge is -2.36. The summed E-state index contributed by atoms with van der Waals surface area (Å²) in [5, 5.41) is 0.901. The molecule has 0 amide bonds. The predicted molar refractivity (Wildman–Crippen MR) is 127 cm³/mol. The zero-order chi connectivity index (χ0) is 20.1. The number of halogens is 1. The Morgan fingerprint density at radius 1 is 1.03 bits per heavy atom. The predicted octanol–water partition coefficient (Wildman–Crippen LogP) is 4.53. The van der Waals surface area contributed by atoms with E-state index in [1.54, 1.807) is 23.9 Å². The summed E-state index contributed by atoms with van der Waals surface area (Å²) in [4.78, 5) is 17.6. The van der Waals surface area contributed by atoms with Crippen molar-refractivity contribution in [3.63, 3.8) is 0 Å². The van der Waals surface area contributed by atoms with E-state index < -0.39 is 0 Å². The molecule has 0 spiro atoms. The Labute approximate surface area is 187 Å². The van der Waals surface area contributed by atoms with Crippen LogP contribution in [-0.4, -0.2) is 50.5 Å². The molecular formula is C23H27ClN2O3S. The minimum Gasteiger partial charge on any atom is -0.493 e. The lowest BCUT2D eigenvalue weighted by atomic mass is 10.2. The Kier molecular flexibility index (Phi) is 8.08. The highest BCUT2D eigenvalue weighted by Gasteiger charge is 2.17. The van der Waals surface area contributed by atoms with Gasteiger partial charge >= 0.3 is 5.63 Å². The van der Waals surface area contributed by atoms with E-state index in [1.807, 2.05) is 12.1 Å². The molecule has 3 aromatic rings. The van der Waals surface area contributed by atoms with Gasteiger partial charge in [0.1, 0.15) is 11.3 Å². The third kappa shape index (κ3) is 5.72. The lowest BCUT2D eigenvalue weighted by molar-refractivity contribution is 0.224. The molecule has 1 fully saturated rings. The van der Waals surface area contributed by atoms with Gasteiger partial charge < -0.3 is 14.1 Å². The van der Waals surface area contributed by atoms with Crippen LogP contribution in [0.5, 0.6) is 5.75 Å². The maximum absolute atomic E-state index is 11.4. The standard InChI is InChI=1S/C23H26N2O3S.ClH/c1-29-21-5-2-4-19(16-21)25-13-11-24(12-14-25)10-3-15-27-20-8-6-18-7-9-23(26)28-22(18)17-20;/h2,4-9,16-17H,3,10-15H2,1H3;1H. The molecule has 0 unspecified atom stereocenters. The highest BCUT2D eigenvalue weighted by Crippen LogP contribution is 2.23. The number of ether oxygens (including phenoxy) is 1. The number of benzene rings is 2. The molecule has 30 heavy (non-hydrogen) atoms. The molecule has 0 bridgehead atoms. The lowest BCUT2D eigenvalue weighted by Crippen LogP contribution is -2.46. The maximum atomic E-state index is 11.4. The Bertz CT molecular complexity index is 1020. The van der Waals surface area contributed by atoms with Crippen molar-refractivity contribution in [1.82, 2.24) is 4.90 Å². The van der Waals surface area contributed by atoms with Crippen molar-refractivity contribution >= 4 is 40.8 Å². The van der Waals surface area contributed by atoms with Crippen LogP contribution in [0.25, 0.3) is 11.0 Å². The smallest absolute Gasteiger partial charge is 0.336 e. The molecule has 0 aliphatic carbocycles. The minimum atomic E-state index is -0.339. The average Bonchev–Trinajstić information content (AvgIpc) is 2.77. The van der Waals surface area contributed by atoms with Crippen molar-refractivity contribution in [2.24, 2.45) is 0 Å². The molecule has 2 heterocycles. The van der Waals surface area contributed by atoms with Crippen LogP contribution in [0.4, 0.5) is 5.69 Å². The molecule has 2 aromatic carbocycles. The van der Waals surface area contributed by atoms with Crippen molar-refractivity contribution in [3.8, 4) is 5.75 Å². The van der Waals surface area contributed by atoms with Gasteiger partial charge in [-0.15, -0.1) is 24.2 Å². The molecule has 1 saturated heterocycles. The third-order valence-electron chi connectivity index (χ3n) is 5.27. The van der Waals surface area contributed by atoms with Crippen LogP contribution in [0.3, 0.4) is 0 Å². The molecule has 4 rings (SSSR count). The molecule has 7 heteroatoms. The fourth-order valence-electron chi connectivity index (χ4n) is 3.65. The fourth-order valence-corrected chi connectivity index (χ4v) is 4.10. The van der Waals surface area contributed by atoms with Gasteiger partial charge in [0.25, 0.3) is 0 Å². The van der Waals surface area contributed by atoms with Gasteiger partial charge in [0.2, 0.25) is 0 Å². The normalized spacial score (nSPS) is 14.5. The highest BCUT2D eigenvalue weighted by atomic mass is 35.5. The van der Waals surface area contributed by atoms with Crippen LogP contribution >= 0.6 is 24.2 Å². The van der Waals surface area contributed by atoms with E-state index in [0.717, 1.165) is 50.3 Å². The monoisotopic (exact) mass is 446 g/mol. The Balaban J connectivity index is 0.00000256. The van der Waals surface area contributed by atoms with Crippen molar-refractivity contribution < 1.29 is 9.15 Å². The summed E-state index contributed by atoms with van der Waals surface area (Å²) in [5.41, 5.74) is 1.55. The topological polar surface area (TPSA) is 45.9 Å². The summed E-state index contributed by atoms with van der Waals surface area (Å²) in [6, 6.07) is 17.6. The number of nitrogens with zero attached hydrogens (tertiary/aromatic N) is 2.